The highest BCUT2D eigenvalue weighted by Crippen LogP contribution is 2.20. The zero-order valence-corrected chi connectivity index (χ0v) is 11.4. The largest absolute Gasteiger partial charge is 0.494 e. The molecule has 3 heteroatoms. The minimum absolute atomic E-state index is 0.680. The van der Waals surface area contributed by atoms with Crippen molar-refractivity contribution in [3.8, 4) is 22.6 Å². The molecule has 0 saturated carbocycles. The van der Waals surface area contributed by atoms with E-state index in [4.69, 9.17) is 4.74 Å². The summed E-state index contributed by atoms with van der Waals surface area (Å²) in [5, 5.41) is 4.41. The second-order valence-corrected chi connectivity index (χ2v) is 4.47. The van der Waals surface area contributed by atoms with Crippen molar-refractivity contribution in [2.24, 2.45) is 0 Å². The molecule has 0 radical (unpaired) electrons. The Kier molecular flexibility index (Phi) is 3.50. The van der Waals surface area contributed by atoms with E-state index in [1.165, 1.54) is 5.56 Å². The van der Waals surface area contributed by atoms with Crippen molar-refractivity contribution in [3.63, 3.8) is 0 Å². The Morgan fingerprint density at radius 2 is 1.70 bits per heavy atom. The lowest BCUT2D eigenvalue weighted by Gasteiger charge is -2.04. The SMILES string of the molecule is CCOc1ccc(-n2cc(-c3ccccc3)cn2)cc1. The van der Waals surface area contributed by atoms with Crippen LogP contribution in [0, 0.1) is 0 Å². The molecular weight excluding hydrogens is 248 g/mol. The molecule has 0 spiro atoms. The summed E-state index contributed by atoms with van der Waals surface area (Å²) in [5.74, 6) is 0.881. The van der Waals surface area contributed by atoms with Gasteiger partial charge in [-0.2, -0.15) is 5.10 Å². The Balaban J connectivity index is 1.86. The van der Waals surface area contributed by atoms with Crippen molar-refractivity contribution >= 4 is 0 Å². The molecule has 3 rings (SSSR count). The Morgan fingerprint density at radius 3 is 2.40 bits per heavy atom. The normalized spacial score (nSPS) is 10.4. The highest BCUT2D eigenvalue weighted by Gasteiger charge is 2.03. The van der Waals surface area contributed by atoms with Gasteiger partial charge in [0.1, 0.15) is 5.75 Å². The van der Waals surface area contributed by atoms with Crippen LogP contribution in [-0.2, 0) is 0 Å². The Bertz CT molecular complexity index is 672. The van der Waals surface area contributed by atoms with E-state index >= 15 is 0 Å². The number of hydrogen-bond acceptors (Lipinski definition) is 2. The van der Waals surface area contributed by atoms with Crippen LogP contribution in [0.5, 0.6) is 5.75 Å². The van der Waals surface area contributed by atoms with Crippen molar-refractivity contribution in [1.82, 2.24) is 9.78 Å². The van der Waals surface area contributed by atoms with E-state index in [1.54, 1.807) is 0 Å². The average Bonchev–Trinajstić information content (AvgIpc) is 2.99. The zero-order valence-electron chi connectivity index (χ0n) is 11.4. The minimum atomic E-state index is 0.680. The molecule has 0 amide bonds. The summed E-state index contributed by atoms with van der Waals surface area (Å²) < 4.78 is 7.31. The van der Waals surface area contributed by atoms with Crippen molar-refractivity contribution in [2.45, 2.75) is 6.92 Å². The van der Waals surface area contributed by atoms with Crippen LogP contribution in [0.3, 0.4) is 0 Å². The summed E-state index contributed by atoms with van der Waals surface area (Å²) in [5.41, 5.74) is 3.31. The van der Waals surface area contributed by atoms with Crippen molar-refractivity contribution in [1.29, 1.82) is 0 Å². The molecule has 0 fully saturated rings. The maximum absolute atomic E-state index is 5.44. The van der Waals surface area contributed by atoms with Crippen LogP contribution in [0.1, 0.15) is 6.92 Å². The maximum atomic E-state index is 5.44. The van der Waals surface area contributed by atoms with Crippen LogP contribution in [0.4, 0.5) is 0 Å². The van der Waals surface area contributed by atoms with Crippen LogP contribution in [0.2, 0.25) is 0 Å². The molecule has 0 bridgehead atoms. The third kappa shape index (κ3) is 2.57. The van der Waals surface area contributed by atoms with E-state index in [9.17, 15) is 0 Å². The molecule has 0 aliphatic carbocycles. The quantitative estimate of drug-likeness (QED) is 0.713. The van der Waals surface area contributed by atoms with Gasteiger partial charge in [-0.3, -0.25) is 0 Å². The molecule has 0 saturated heterocycles. The van der Waals surface area contributed by atoms with Crippen LogP contribution < -0.4 is 4.74 Å². The van der Waals surface area contributed by atoms with Gasteiger partial charge in [-0.25, -0.2) is 4.68 Å². The molecule has 0 aliphatic rings. The summed E-state index contributed by atoms with van der Waals surface area (Å²) >= 11 is 0. The third-order valence-corrected chi connectivity index (χ3v) is 3.10. The number of rotatable bonds is 4. The molecule has 3 aromatic rings. The molecule has 0 unspecified atom stereocenters. The monoisotopic (exact) mass is 264 g/mol. The first-order chi connectivity index (χ1) is 9.86. The summed E-state index contributed by atoms with van der Waals surface area (Å²) in [6, 6.07) is 18.2. The summed E-state index contributed by atoms with van der Waals surface area (Å²) in [7, 11) is 0. The van der Waals surface area contributed by atoms with Gasteiger partial charge >= 0.3 is 0 Å². The topological polar surface area (TPSA) is 27.1 Å². The third-order valence-electron chi connectivity index (χ3n) is 3.10. The van der Waals surface area contributed by atoms with Gasteiger partial charge in [0, 0.05) is 11.8 Å². The first-order valence-corrected chi connectivity index (χ1v) is 6.70. The molecule has 0 aliphatic heterocycles. The molecule has 0 N–H and O–H groups in total. The van der Waals surface area contributed by atoms with Crippen molar-refractivity contribution in [2.75, 3.05) is 6.61 Å². The number of hydrogen-bond donors (Lipinski definition) is 0. The molecule has 2 aromatic carbocycles. The van der Waals surface area contributed by atoms with Gasteiger partial charge in [0.25, 0.3) is 0 Å². The van der Waals surface area contributed by atoms with E-state index in [1.807, 2.05) is 66.5 Å². The molecule has 100 valence electrons. The molecule has 3 nitrogen and oxygen atoms in total. The molecular formula is C17H16N2O. The van der Waals surface area contributed by atoms with Gasteiger partial charge in [0.05, 0.1) is 18.5 Å². The average molecular weight is 264 g/mol. The lowest BCUT2D eigenvalue weighted by Crippen LogP contribution is -1.95. The summed E-state index contributed by atoms with van der Waals surface area (Å²) in [6.45, 7) is 2.66. The highest BCUT2D eigenvalue weighted by molar-refractivity contribution is 5.62. The van der Waals surface area contributed by atoms with Crippen LogP contribution in [0.25, 0.3) is 16.8 Å². The van der Waals surface area contributed by atoms with Gasteiger partial charge in [-0.05, 0) is 36.8 Å². The van der Waals surface area contributed by atoms with Crippen LogP contribution in [0.15, 0.2) is 67.0 Å². The smallest absolute Gasteiger partial charge is 0.119 e. The second kappa shape index (κ2) is 5.61. The Labute approximate surface area is 118 Å². The van der Waals surface area contributed by atoms with Gasteiger partial charge in [0.2, 0.25) is 0 Å². The predicted molar refractivity (Wildman–Crippen MR) is 80.2 cm³/mol. The fraction of sp³-hybridized carbons (Fsp3) is 0.118. The molecule has 1 heterocycles. The Hall–Kier alpha value is -2.55. The maximum Gasteiger partial charge on any atom is 0.119 e. The standard InChI is InChI=1S/C17H16N2O/c1-2-20-17-10-8-16(9-11-17)19-13-15(12-18-19)14-6-4-3-5-7-14/h3-13H,2H2,1H3. The van der Waals surface area contributed by atoms with E-state index in [0.29, 0.717) is 6.61 Å². The molecule has 1 aromatic heterocycles. The van der Waals surface area contributed by atoms with E-state index in [-0.39, 0.29) is 0 Å². The van der Waals surface area contributed by atoms with Crippen molar-refractivity contribution in [3.05, 3.63) is 67.0 Å². The fourth-order valence-electron chi connectivity index (χ4n) is 2.11. The lowest BCUT2D eigenvalue weighted by atomic mass is 10.1. The summed E-state index contributed by atoms with van der Waals surface area (Å²) in [4.78, 5) is 0. The molecule has 0 atom stereocenters. The lowest BCUT2D eigenvalue weighted by molar-refractivity contribution is 0.340. The number of benzene rings is 2. The highest BCUT2D eigenvalue weighted by atomic mass is 16.5. The van der Waals surface area contributed by atoms with Gasteiger partial charge < -0.3 is 4.74 Å². The van der Waals surface area contributed by atoms with Gasteiger partial charge in [0.15, 0.2) is 0 Å². The van der Waals surface area contributed by atoms with Crippen molar-refractivity contribution < 1.29 is 4.74 Å². The molecule has 20 heavy (non-hydrogen) atoms. The zero-order chi connectivity index (χ0) is 13.8. The second-order valence-electron chi connectivity index (χ2n) is 4.47. The first kappa shape index (κ1) is 12.5. The van der Waals surface area contributed by atoms with E-state index in [0.717, 1.165) is 17.0 Å². The fourth-order valence-corrected chi connectivity index (χ4v) is 2.11. The Morgan fingerprint density at radius 1 is 0.950 bits per heavy atom. The van der Waals surface area contributed by atoms with E-state index < -0.39 is 0 Å². The van der Waals surface area contributed by atoms with Crippen LogP contribution in [-0.4, -0.2) is 16.4 Å². The minimum Gasteiger partial charge on any atom is -0.494 e. The summed E-state index contributed by atoms with van der Waals surface area (Å²) in [6.07, 6.45) is 3.91. The van der Waals surface area contributed by atoms with E-state index in [2.05, 4.69) is 17.2 Å². The number of ether oxygens (including phenoxy) is 1. The predicted octanol–water partition coefficient (Wildman–Crippen LogP) is 3.94. The first-order valence-electron chi connectivity index (χ1n) is 6.70. The van der Waals surface area contributed by atoms with Gasteiger partial charge in [-0.15, -0.1) is 0 Å². The number of nitrogens with zero attached hydrogens (tertiary/aromatic N) is 2. The number of aromatic nitrogens is 2. The van der Waals surface area contributed by atoms with Crippen LogP contribution >= 0.6 is 0 Å². The van der Waals surface area contributed by atoms with Gasteiger partial charge in [-0.1, -0.05) is 30.3 Å².